The van der Waals surface area contributed by atoms with Gasteiger partial charge >= 0.3 is 0 Å². The van der Waals surface area contributed by atoms with Gasteiger partial charge in [0.05, 0.1) is 22.9 Å². The summed E-state index contributed by atoms with van der Waals surface area (Å²) in [5.41, 5.74) is 4.24. The van der Waals surface area contributed by atoms with Gasteiger partial charge in [-0.15, -0.1) is 22.7 Å². The number of thiophene rings is 1. The van der Waals surface area contributed by atoms with E-state index in [1.807, 2.05) is 40.7 Å². The lowest BCUT2D eigenvalue weighted by Crippen LogP contribution is -1.94. The Hall–Kier alpha value is -1.40. The number of aromatic nitrogens is 1. The Morgan fingerprint density at radius 1 is 1.10 bits per heavy atom. The molecule has 2 aromatic heterocycles. The quantitative estimate of drug-likeness (QED) is 0.377. The van der Waals surface area contributed by atoms with Crippen LogP contribution in [0.15, 0.2) is 29.6 Å². The summed E-state index contributed by atoms with van der Waals surface area (Å²) in [5, 5.41) is 7.23. The van der Waals surface area contributed by atoms with Crippen LogP contribution in [0.1, 0.15) is 56.9 Å². The van der Waals surface area contributed by atoms with Gasteiger partial charge in [0, 0.05) is 22.6 Å². The van der Waals surface area contributed by atoms with Crippen molar-refractivity contribution in [3.05, 3.63) is 50.0 Å². The zero-order valence-corrected chi connectivity index (χ0v) is 21.8. The molecule has 0 atom stereocenters. The van der Waals surface area contributed by atoms with Gasteiger partial charge in [0.15, 0.2) is 5.13 Å². The van der Waals surface area contributed by atoms with Crippen LogP contribution in [0.4, 0.5) is 10.8 Å². The molecule has 2 heterocycles. The monoisotopic (exact) mass is 466 g/mol. The Morgan fingerprint density at radius 2 is 1.80 bits per heavy atom. The minimum atomic E-state index is 0.563. The van der Waals surface area contributed by atoms with E-state index in [9.17, 15) is 0 Å². The van der Waals surface area contributed by atoms with Crippen LogP contribution < -0.4 is 5.32 Å². The summed E-state index contributed by atoms with van der Waals surface area (Å²) in [4.78, 5) is 7.35. The molecular formula is C24H35ClN2OS2. The molecule has 3 rings (SSSR count). The molecular weight excluding hydrogens is 432 g/mol. The number of aryl methyl sites for hydroxylation is 1. The standard InChI is InChI=1S/C20H23ClN2OS2.2C2H6/c1-12(2)9-17-19(14-6-5-13(3)15(21)10-14)23-20(26-17)22-16-7-8-25-18(16)11-24-4;2*1-2/h5-8,10,12H,9,11H2,1-4H3,(H,22,23);2*1-2H3. The molecule has 6 heteroatoms. The Kier molecular flexibility index (Phi) is 12.3. The molecule has 0 aliphatic carbocycles. The van der Waals surface area contributed by atoms with Crippen LogP contribution in [0.3, 0.4) is 0 Å². The predicted molar refractivity (Wildman–Crippen MR) is 137 cm³/mol. The van der Waals surface area contributed by atoms with E-state index in [1.54, 1.807) is 29.8 Å². The number of nitrogens with zero attached hydrogens (tertiary/aromatic N) is 1. The third-order valence-electron chi connectivity index (χ3n) is 4.00. The first-order valence-corrected chi connectivity index (χ1v) is 12.6. The van der Waals surface area contributed by atoms with Crippen molar-refractivity contribution in [3.8, 4) is 11.3 Å². The lowest BCUT2D eigenvalue weighted by atomic mass is 10.0. The fourth-order valence-corrected chi connectivity index (χ4v) is 4.88. The number of hydrogen-bond acceptors (Lipinski definition) is 5. The summed E-state index contributed by atoms with van der Waals surface area (Å²) in [5.74, 6) is 0.563. The van der Waals surface area contributed by atoms with E-state index in [-0.39, 0.29) is 0 Å². The molecule has 0 bridgehead atoms. The Morgan fingerprint density at radius 3 is 2.40 bits per heavy atom. The van der Waals surface area contributed by atoms with Crippen molar-refractivity contribution in [3.63, 3.8) is 0 Å². The lowest BCUT2D eigenvalue weighted by Gasteiger charge is -2.06. The van der Waals surface area contributed by atoms with Gasteiger partial charge < -0.3 is 10.1 Å². The molecule has 1 N–H and O–H groups in total. The molecule has 0 unspecified atom stereocenters. The number of nitrogens with one attached hydrogen (secondary N) is 1. The van der Waals surface area contributed by atoms with Crippen LogP contribution in [0.5, 0.6) is 0 Å². The van der Waals surface area contributed by atoms with E-state index in [0.717, 1.165) is 39.1 Å². The van der Waals surface area contributed by atoms with Gasteiger partial charge in [0.2, 0.25) is 0 Å². The van der Waals surface area contributed by atoms with Crippen molar-refractivity contribution in [1.82, 2.24) is 4.98 Å². The van der Waals surface area contributed by atoms with Crippen molar-refractivity contribution in [2.45, 2.75) is 61.5 Å². The van der Waals surface area contributed by atoms with Gasteiger partial charge in [-0.1, -0.05) is 65.3 Å². The average Bonchev–Trinajstić information content (AvgIpc) is 3.34. The van der Waals surface area contributed by atoms with E-state index in [2.05, 4.69) is 42.7 Å². The van der Waals surface area contributed by atoms with Crippen LogP contribution in [0, 0.1) is 12.8 Å². The number of thiazole rings is 1. The number of hydrogen-bond donors (Lipinski definition) is 1. The minimum Gasteiger partial charge on any atom is -0.379 e. The number of rotatable bonds is 7. The smallest absolute Gasteiger partial charge is 0.188 e. The topological polar surface area (TPSA) is 34.1 Å². The maximum absolute atomic E-state index is 6.35. The van der Waals surface area contributed by atoms with Crippen molar-refractivity contribution in [1.29, 1.82) is 0 Å². The van der Waals surface area contributed by atoms with Crippen LogP contribution in [0.25, 0.3) is 11.3 Å². The van der Waals surface area contributed by atoms with Crippen molar-refractivity contribution in [2.75, 3.05) is 12.4 Å². The molecule has 0 aliphatic heterocycles. The van der Waals surface area contributed by atoms with Crippen molar-refractivity contribution in [2.24, 2.45) is 5.92 Å². The van der Waals surface area contributed by atoms with Gasteiger partial charge in [-0.2, -0.15) is 0 Å². The first-order valence-electron chi connectivity index (χ1n) is 10.6. The molecule has 0 amide bonds. The second-order valence-corrected chi connectivity index (χ2v) is 9.16. The van der Waals surface area contributed by atoms with E-state index >= 15 is 0 Å². The number of benzene rings is 1. The molecule has 0 aliphatic rings. The normalized spacial score (nSPS) is 10.2. The largest absolute Gasteiger partial charge is 0.379 e. The number of ether oxygens (including phenoxy) is 1. The molecule has 0 saturated carbocycles. The fraction of sp³-hybridized carbons (Fsp3) is 0.458. The Balaban J connectivity index is 0.00000106. The third-order valence-corrected chi connectivity index (χ3v) is 6.29. The van der Waals surface area contributed by atoms with Crippen LogP contribution >= 0.6 is 34.3 Å². The van der Waals surface area contributed by atoms with Crippen LogP contribution in [-0.2, 0) is 17.8 Å². The molecule has 0 radical (unpaired) electrons. The molecule has 3 aromatic rings. The molecule has 166 valence electrons. The highest BCUT2D eigenvalue weighted by molar-refractivity contribution is 7.16. The van der Waals surface area contributed by atoms with E-state index in [0.29, 0.717) is 12.5 Å². The molecule has 3 nitrogen and oxygen atoms in total. The summed E-state index contributed by atoms with van der Waals surface area (Å²) in [6.07, 6.45) is 0.995. The maximum atomic E-state index is 6.35. The summed E-state index contributed by atoms with van der Waals surface area (Å²) < 4.78 is 5.28. The second-order valence-electron chi connectivity index (χ2n) is 6.67. The van der Waals surface area contributed by atoms with Gasteiger partial charge in [-0.05, 0) is 42.3 Å². The first kappa shape index (κ1) is 26.6. The van der Waals surface area contributed by atoms with Crippen molar-refractivity contribution < 1.29 is 4.74 Å². The van der Waals surface area contributed by atoms with E-state index in [4.69, 9.17) is 21.3 Å². The van der Waals surface area contributed by atoms with Gasteiger partial charge in [-0.25, -0.2) is 4.98 Å². The SMILES string of the molecule is CC.CC.COCc1sccc1Nc1nc(-c2ccc(C)c(Cl)c2)c(CC(C)C)s1. The van der Waals surface area contributed by atoms with Crippen LogP contribution in [0.2, 0.25) is 5.02 Å². The van der Waals surface area contributed by atoms with Gasteiger partial charge in [0.25, 0.3) is 0 Å². The zero-order valence-electron chi connectivity index (χ0n) is 19.4. The van der Waals surface area contributed by atoms with E-state index < -0.39 is 0 Å². The Bertz CT molecular complexity index is 887. The zero-order chi connectivity index (χ0) is 22.7. The highest BCUT2D eigenvalue weighted by Crippen LogP contribution is 2.37. The van der Waals surface area contributed by atoms with Crippen LogP contribution in [-0.4, -0.2) is 12.1 Å². The van der Waals surface area contributed by atoms with Gasteiger partial charge in [0.1, 0.15) is 0 Å². The average molecular weight is 467 g/mol. The first-order chi connectivity index (χ1) is 14.5. The predicted octanol–water partition coefficient (Wildman–Crippen LogP) is 8.97. The highest BCUT2D eigenvalue weighted by Gasteiger charge is 2.16. The summed E-state index contributed by atoms with van der Waals surface area (Å²) in [6.45, 7) is 15.1. The minimum absolute atomic E-state index is 0.563. The summed E-state index contributed by atoms with van der Waals surface area (Å²) in [7, 11) is 1.72. The molecule has 0 spiro atoms. The van der Waals surface area contributed by atoms with Crippen molar-refractivity contribution >= 4 is 45.1 Å². The maximum Gasteiger partial charge on any atom is 0.188 e. The number of halogens is 1. The fourth-order valence-electron chi connectivity index (χ4n) is 2.69. The molecule has 30 heavy (non-hydrogen) atoms. The molecule has 1 aromatic carbocycles. The summed E-state index contributed by atoms with van der Waals surface area (Å²) >= 11 is 9.75. The Labute approximate surface area is 195 Å². The molecule has 0 saturated heterocycles. The second kappa shape index (κ2) is 13.8. The lowest BCUT2D eigenvalue weighted by molar-refractivity contribution is 0.188. The summed E-state index contributed by atoms with van der Waals surface area (Å²) in [6, 6.07) is 8.25. The van der Waals surface area contributed by atoms with Gasteiger partial charge in [-0.3, -0.25) is 0 Å². The molecule has 0 fully saturated rings. The number of methoxy groups -OCH3 is 1. The number of anilines is 2. The third kappa shape index (κ3) is 7.38. The highest BCUT2D eigenvalue weighted by atomic mass is 35.5. The van der Waals surface area contributed by atoms with E-state index in [1.165, 1.54) is 9.75 Å².